The molecule has 18 heavy (non-hydrogen) atoms. The van der Waals surface area contributed by atoms with E-state index in [0.29, 0.717) is 10.7 Å². The van der Waals surface area contributed by atoms with Crippen molar-refractivity contribution in [1.29, 1.82) is 0 Å². The first-order valence-corrected chi connectivity index (χ1v) is 6.12. The average molecular weight is 269 g/mol. The van der Waals surface area contributed by atoms with E-state index in [-0.39, 0.29) is 24.3 Å². The van der Waals surface area contributed by atoms with Gasteiger partial charge in [-0.15, -0.1) is 0 Å². The number of hydrogen-bond donors (Lipinski definition) is 2. The van der Waals surface area contributed by atoms with E-state index in [1.807, 2.05) is 20.8 Å². The number of benzene rings is 1. The van der Waals surface area contributed by atoms with Crippen LogP contribution < -0.4 is 10.6 Å². The Morgan fingerprint density at radius 3 is 2.56 bits per heavy atom. The first kappa shape index (κ1) is 14.5. The molecule has 0 spiro atoms. The lowest BCUT2D eigenvalue weighted by Gasteiger charge is -2.10. The van der Waals surface area contributed by atoms with Crippen molar-refractivity contribution in [3.05, 3.63) is 28.8 Å². The minimum atomic E-state index is -0.349. The maximum Gasteiger partial charge on any atom is 0.233 e. The number of hydrogen-bond acceptors (Lipinski definition) is 2. The van der Waals surface area contributed by atoms with Crippen LogP contribution in [0.15, 0.2) is 18.2 Å². The quantitative estimate of drug-likeness (QED) is 0.825. The summed E-state index contributed by atoms with van der Waals surface area (Å²) in [5.74, 6) is -0.638. The first-order valence-electron chi connectivity index (χ1n) is 5.74. The smallest absolute Gasteiger partial charge is 0.233 e. The normalized spacial score (nSPS) is 10.3. The number of rotatable bonds is 4. The molecule has 0 aromatic heterocycles. The van der Waals surface area contributed by atoms with Gasteiger partial charge in [-0.1, -0.05) is 17.7 Å². The Bertz CT molecular complexity index is 458. The van der Waals surface area contributed by atoms with Gasteiger partial charge in [-0.3, -0.25) is 9.59 Å². The van der Waals surface area contributed by atoms with Crippen LogP contribution in [0.2, 0.25) is 5.02 Å². The summed E-state index contributed by atoms with van der Waals surface area (Å²) in [5.41, 5.74) is 1.42. The van der Waals surface area contributed by atoms with Crippen molar-refractivity contribution in [2.45, 2.75) is 33.2 Å². The van der Waals surface area contributed by atoms with Crippen molar-refractivity contribution in [2.24, 2.45) is 0 Å². The predicted octanol–water partition coefficient (Wildman–Crippen LogP) is 2.50. The summed E-state index contributed by atoms with van der Waals surface area (Å²) in [6, 6.07) is 5.27. The van der Waals surface area contributed by atoms with E-state index in [0.717, 1.165) is 5.56 Å². The summed E-state index contributed by atoms with van der Waals surface area (Å²) < 4.78 is 0. The fourth-order valence-electron chi connectivity index (χ4n) is 1.46. The minimum Gasteiger partial charge on any atom is -0.353 e. The van der Waals surface area contributed by atoms with Crippen LogP contribution in [0.4, 0.5) is 5.69 Å². The van der Waals surface area contributed by atoms with Gasteiger partial charge in [0.2, 0.25) is 11.8 Å². The van der Waals surface area contributed by atoms with E-state index in [1.165, 1.54) is 0 Å². The SMILES string of the molecule is Cc1c(Cl)cccc1NC(=O)CC(=O)NC(C)C. The van der Waals surface area contributed by atoms with Gasteiger partial charge in [0.05, 0.1) is 0 Å². The summed E-state index contributed by atoms with van der Waals surface area (Å²) in [4.78, 5) is 23.1. The van der Waals surface area contributed by atoms with E-state index in [4.69, 9.17) is 11.6 Å². The number of nitrogens with one attached hydrogen (secondary N) is 2. The molecule has 5 heteroatoms. The minimum absolute atomic E-state index is 0.0261. The topological polar surface area (TPSA) is 58.2 Å². The van der Waals surface area contributed by atoms with Crippen LogP contribution in [-0.4, -0.2) is 17.9 Å². The molecule has 2 amide bonds. The Morgan fingerprint density at radius 1 is 1.28 bits per heavy atom. The van der Waals surface area contributed by atoms with Crippen molar-refractivity contribution in [1.82, 2.24) is 5.32 Å². The van der Waals surface area contributed by atoms with Gasteiger partial charge in [-0.25, -0.2) is 0 Å². The van der Waals surface area contributed by atoms with Gasteiger partial charge in [0, 0.05) is 16.8 Å². The maximum atomic E-state index is 11.7. The van der Waals surface area contributed by atoms with Gasteiger partial charge in [0.15, 0.2) is 0 Å². The Balaban J connectivity index is 2.60. The number of amides is 2. The van der Waals surface area contributed by atoms with Gasteiger partial charge in [0.1, 0.15) is 6.42 Å². The van der Waals surface area contributed by atoms with E-state index in [2.05, 4.69) is 10.6 Å². The second-order valence-electron chi connectivity index (χ2n) is 4.36. The third-order valence-electron chi connectivity index (χ3n) is 2.31. The van der Waals surface area contributed by atoms with Crippen LogP contribution in [0.25, 0.3) is 0 Å². The standard InChI is InChI=1S/C13H17ClN2O2/c1-8(2)15-12(17)7-13(18)16-11-6-4-5-10(14)9(11)3/h4-6,8H,7H2,1-3H3,(H,15,17)(H,16,18). The van der Waals surface area contributed by atoms with E-state index >= 15 is 0 Å². The van der Waals surface area contributed by atoms with Gasteiger partial charge in [0.25, 0.3) is 0 Å². The summed E-state index contributed by atoms with van der Waals surface area (Å²) in [7, 11) is 0. The molecule has 0 heterocycles. The van der Waals surface area contributed by atoms with Crippen molar-refractivity contribution >= 4 is 29.1 Å². The molecule has 1 rings (SSSR count). The number of carbonyl (C=O) groups is 2. The van der Waals surface area contributed by atoms with Crippen LogP contribution in [0.1, 0.15) is 25.8 Å². The number of halogens is 1. The molecule has 0 saturated heterocycles. The third-order valence-corrected chi connectivity index (χ3v) is 2.72. The predicted molar refractivity (Wildman–Crippen MR) is 72.7 cm³/mol. The van der Waals surface area contributed by atoms with Crippen molar-refractivity contribution in [2.75, 3.05) is 5.32 Å². The Kier molecular flexibility index (Phi) is 5.16. The average Bonchev–Trinajstić information content (AvgIpc) is 2.23. The van der Waals surface area contributed by atoms with E-state index in [9.17, 15) is 9.59 Å². The van der Waals surface area contributed by atoms with Crippen LogP contribution in [0.3, 0.4) is 0 Å². The van der Waals surface area contributed by atoms with Crippen molar-refractivity contribution in [3.8, 4) is 0 Å². The van der Waals surface area contributed by atoms with Crippen LogP contribution in [-0.2, 0) is 9.59 Å². The van der Waals surface area contributed by atoms with Crippen molar-refractivity contribution < 1.29 is 9.59 Å². The molecule has 2 N–H and O–H groups in total. The monoisotopic (exact) mass is 268 g/mol. The molecule has 98 valence electrons. The second-order valence-corrected chi connectivity index (χ2v) is 4.77. The summed E-state index contributed by atoms with van der Waals surface area (Å²) >= 11 is 5.94. The molecule has 0 radical (unpaired) electrons. The molecule has 0 unspecified atom stereocenters. The van der Waals surface area contributed by atoms with E-state index in [1.54, 1.807) is 18.2 Å². The molecular weight excluding hydrogens is 252 g/mol. The molecule has 0 saturated carbocycles. The molecule has 0 aliphatic carbocycles. The fraction of sp³-hybridized carbons (Fsp3) is 0.385. The van der Waals surface area contributed by atoms with Crippen LogP contribution in [0, 0.1) is 6.92 Å². The first-order chi connectivity index (χ1) is 8.40. The fourth-order valence-corrected chi connectivity index (χ4v) is 1.63. The molecule has 1 aromatic rings. The van der Waals surface area contributed by atoms with Crippen LogP contribution in [0.5, 0.6) is 0 Å². The lowest BCUT2D eigenvalue weighted by molar-refractivity contribution is -0.127. The Labute approximate surface area is 112 Å². The zero-order valence-corrected chi connectivity index (χ0v) is 11.5. The van der Waals surface area contributed by atoms with Gasteiger partial charge in [-0.05, 0) is 38.5 Å². The number of anilines is 1. The summed E-state index contributed by atoms with van der Waals surface area (Å²) in [6.45, 7) is 5.50. The molecule has 0 atom stereocenters. The zero-order valence-electron chi connectivity index (χ0n) is 10.7. The highest BCUT2D eigenvalue weighted by Gasteiger charge is 2.11. The Morgan fingerprint density at radius 2 is 1.94 bits per heavy atom. The third kappa shape index (κ3) is 4.37. The van der Waals surface area contributed by atoms with Gasteiger partial charge in [-0.2, -0.15) is 0 Å². The molecule has 4 nitrogen and oxygen atoms in total. The van der Waals surface area contributed by atoms with E-state index < -0.39 is 0 Å². The lowest BCUT2D eigenvalue weighted by Crippen LogP contribution is -2.33. The zero-order chi connectivity index (χ0) is 13.7. The second kappa shape index (κ2) is 6.40. The molecular formula is C13H17ClN2O2. The molecule has 0 fully saturated rings. The molecule has 1 aromatic carbocycles. The number of carbonyl (C=O) groups excluding carboxylic acids is 2. The molecule has 0 bridgehead atoms. The molecule has 0 aliphatic heterocycles. The highest BCUT2D eigenvalue weighted by Crippen LogP contribution is 2.22. The van der Waals surface area contributed by atoms with Crippen molar-refractivity contribution in [3.63, 3.8) is 0 Å². The molecule has 0 aliphatic rings. The highest BCUT2D eigenvalue weighted by atomic mass is 35.5. The van der Waals surface area contributed by atoms with Gasteiger partial charge >= 0.3 is 0 Å². The summed E-state index contributed by atoms with van der Waals surface area (Å²) in [6.07, 6.45) is -0.190. The lowest BCUT2D eigenvalue weighted by atomic mass is 10.2. The Hall–Kier alpha value is -1.55. The highest BCUT2D eigenvalue weighted by molar-refractivity contribution is 6.31. The maximum absolute atomic E-state index is 11.7. The van der Waals surface area contributed by atoms with Crippen LogP contribution >= 0.6 is 11.6 Å². The largest absolute Gasteiger partial charge is 0.353 e. The summed E-state index contributed by atoms with van der Waals surface area (Å²) in [5, 5.41) is 5.91. The van der Waals surface area contributed by atoms with Gasteiger partial charge < -0.3 is 10.6 Å².